The molecular weight excluding hydrogens is 166 g/mol. The average Bonchev–Trinajstić information content (AvgIpc) is 2.49. The minimum absolute atomic E-state index is 0.139. The maximum absolute atomic E-state index is 11.6. The molecule has 1 aliphatic heterocycles. The zero-order chi connectivity index (χ0) is 9.26. The van der Waals surface area contributed by atoms with Crippen LogP contribution in [0.4, 0.5) is 5.69 Å². The minimum Gasteiger partial charge on any atom is -0.309 e. The van der Waals surface area contributed by atoms with Gasteiger partial charge < -0.3 is 4.90 Å². The van der Waals surface area contributed by atoms with Crippen LogP contribution in [0.3, 0.4) is 0 Å². The zero-order valence-corrected chi connectivity index (χ0v) is 7.47. The first-order chi connectivity index (χ1) is 6.29. The molecule has 0 aromatic carbocycles. The van der Waals surface area contributed by atoms with Crippen LogP contribution in [0.25, 0.3) is 0 Å². The quantitative estimate of drug-likeness (QED) is 0.638. The molecule has 13 heavy (non-hydrogen) atoms. The molecule has 1 amide bonds. The molecule has 0 radical (unpaired) electrons. The third-order valence-corrected chi connectivity index (χ3v) is 2.33. The summed E-state index contributed by atoms with van der Waals surface area (Å²) in [4.78, 5) is 21.1. The van der Waals surface area contributed by atoms with Crippen LogP contribution >= 0.6 is 0 Å². The van der Waals surface area contributed by atoms with Crippen molar-refractivity contribution in [3.63, 3.8) is 0 Å². The van der Waals surface area contributed by atoms with Gasteiger partial charge >= 0.3 is 0 Å². The first kappa shape index (κ1) is 8.16. The van der Waals surface area contributed by atoms with Crippen LogP contribution in [-0.2, 0) is 4.79 Å². The first-order valence-corrected chi connectivity index (χ1v) is 4.35. The third-order valence-electron chi connectivity index (χ3n) is 2.33. The molecule has 2 heterocycles. The van der Waals surface area contributed by atoms with Crippen LogP contribution in [0.2, 0.25) is 0 Å². The van der Waals surface area contributed by atoms with E-state index in [2.05, 4.69) is 9.97 Å². The van der Waals surface area contributed by atoms with E-state index in [1.54, 1.807) is 17.3 Å². The molecule has 2 rings (SSSR count). The number of aromatic nitrogens is 2. The highest BCUT2D eigenvalue weighted by atomic mass is 16.2. The van der Waals surface area contributed by atoms with Crippen molar-refractivity contribution in [2.75, 3.05) is 11.4 Å². The molecule has 1 atom stereocenters. The van der Waals surface area contributed by atoms with E-state index >= 15 is 0 Å². The zero-order valence-electron chi connectivity index (χ0n) is 7.47. The summed E-state index contributed by atoms with van der Waals surface area (Å²) in [5.74, 6) is 0.315. The van der Waals surface area contributed by atoms with Gasteiger partial charge in [-0.15, -0.1) is 0 Å². The van der Waals surface area contributed by atoms with Crippen LogP contribution in [0, 0.1) is 5.92 Å². The second-order valence-corrected chi connectivity index (χ2v) is 3.28. The lowest BCUT2D eigenvalue weighted by Gasteiger charge is -2.14. The normalized spacial score (nSPS) is 22.4. The molecule has 1 fully saturated rings. The van der Waals surface area contributed by atoms with Crippen molar-refractivity contribution in [2.24, 2.45) is 5.92 Å². The van der Waals surface area contributed by atoms with Crippen molar-refractivity contribution >= 4 is 11.6 Å². The molecule has 4 nitrogen and oxygen atoms in total. The number of rotatable bonds is 1. The Morgan fingerprint density at radius 1 is 1.46 bits per heavy atom. The number of carbonyl (C=O) groups excluding carboxylic acids is 1. The van der Waals surface area contributed by atoms with Crippen LogP contribution in [-0.4, -0.2) is 22.4 Å². The highest BCUT2D eigenvalue weighted by molar-refractivity contribution is 5.96. The SMILES string of the molecule is C[C@@H]1CCN(c2cncnc2)C1=O. The molecule has 4 heteroatoms. The molecular formula is C9H11N3O. The summed E-state index contributed by atoms with van der Waals surface area (Å²) in [6, 6.07) is 0. The van der Waals surface area contributed by atoms with E-state index in [1.165, 1.54) is 6.33 Å². The molecule has 1 aromatic rings. The average molecular weight is 177 g/mol. The summed E-state index contributed by atoms with van der Waals surface area (Å²) in [6.07, 6.45) is 5.73. The van der Waals surface area contributed by atoms with Crippen molar-refractivity contribution in [3.8, 4) is 0 Å². The van der Waals surface area contributed by atoms with Gasteiger partial charge in [0, 0.05) is 12.5 Å². The molecule has 0 bridgehead atoms. The van der Waals surface area contributed by atoms with E-state index in [0.29, 0.717) is 0 Å². The standard InChI is InChI=1S/C9H11N3O/c1-7-2-3-12(9(7)13)8-4-10-6-11-5-8/h4-7H,2-3H2,1H3/t7-/m1/s1. The van der Waals surface area contributed by atoms with E-state index in [0.717, 1.165) is 18.7 Å². The lowest BCUT2D eigenvalue weighted by molar-refractivity contribution is -0.119. The molecule has 0 aliphatic carbocycles. The predicted molar refractivity (Wildman–Crippen MR) is 48.2 cm³/mol. The van der Waals surface area contributed by atoms with Gasteiger partial charge in [0.25, 0.3) is 0 Å². The Morgan fingerprint density at radius 3 is 2.69 bits per heavy atom. The molecule has 0 N–H and O–H groups in total. The van der Waals surface area contributed by atoms with E-state index in [4.69, 9.17) is 0 Å². The Kier molecular flexibility index (Phi) is 1.96. The van der Waals surface area contributed by atoms with E-state index in [1.807, 2.05) is 6.92 Å². The van der Waals surface area contributed by atoms with Crippen LogP contribution in [0.5, 0.6) is 0 Å². The van der Waals surface area contributed by atoms with Crippen molar-refractivity contribution in [3.05, 3.63) is 18.7 Å². The summed E-state index contributed by atoms with van der Waals surface area (Å²) in [5, 5.41) is 0. The number of amides is 1. The summed E-state index contributed by atoms with van der Waals surface area (Å²) in [7, 11) is 0. The number of nitrogens with zero attached hydrogens (tertiary/aromatic N) is 3. The van der Waals surface area contributed by atoms with Gasteiger partial charge in [0.2, 0.25) is 5.91 Å². The molecule has 0 saturated carbocycles. The Labute approximate surface area is 76.6 Å². The fraction of sp³-hybridized carbons (Fsp3) is 0.444. The lowest BCUT2D eigenvalue weighted by atomic mass is 10.1. The van der Waals surface area contributed by atoms with Gasteiger partial charge in [-0.2, -0.15) is 0 Å². The van der Waals surface area contributed by atoms with Crippen LogP contribution in [0.15, 0.2) is 18.7 Å². The second kappa shape index (κ2) is 3.12. The fourth-order valence-corrected chi connectivity index (χ4v) is 1.51. The molecule has 1 aliphatic rings. The monoisotopic (exact) mass is 177 g/mol. The summed E-state index contributed by atoms with van der Waals surface area (Å²) >= 11 is 0. The number of hydrogen-bond acceptors (Lipinski definition) is 3. The molecule has 1 aromatic heterocycles. The second-order valence-electron chi connectivity index (χ2n) is 3.28. The van der Waals surface area contributed by atoms with Crippen molar-refractivity contribution in [1.82, 2.24) is 9.97 Å². The maximum atomic E-state index is 11.6. The van der Waals surface area contributed by atoms with Gasteiger partial charge in [0.15, 0.2) is 0 Å². The van der Waals surface area contributed by atoms with Gasteiger partial charge in [-0.25, -0.2) is 9.97 Å². The van der Waals surface area contributed by atoms with Gasteiger partial charge in [-0.3, -0.25) is 4.79 Å². The fourth-order valence-electron chi connectivity index (χ4n) is 1.51. The molecule has 68 valence electrons. The topological polar surface area (TPSA) is 46.1 Å². The number of carbonyl (C=O) groups is 1. The van der Waals surface area contributed by atoms with Crippen molar-refractivity contribution < 1.29 is 4.79 Å². The third kappa shape index (κ3) is 1.39. The smallest absolute Gasteiger partial charge is 0.229 e. The summed E-state index contributed by atoms with van der Waals surface area (Å²) in [5.41, 5.74) is 0.803. The van der Waals surface area contributed by atoms with E-state index < -0.39 is 0 Å². The van der Waals surface area contributed by atoms with E-state index in [9.17, 15) is 4.79 Å². The lowest BCUT2D eigenvalue weighted by Crippen LogP contribution is -2.26. The Balaban J connectivity index is 2.24. The van der Waals surface area contributed by atoms with Crippen LogP contribution < -0.4 is 4.90 Å². The highest BCUT2D eigenvalue weighted by Crippen LogP contribution is 2.22. The Hall–Kier alpha value is -1.45. The van der Waals surface area contributed by atoms with Crippen molar-refractivity contribution in [1.29, 1.82) is 0 Å². The molecule has 0 spiro atoms. The highest BCUT2D eigenvalue weighted by Gasteiger charge is 2.28. The predicted octanol–water partition coefficient (Wildman–Crippen LogP) is 0.849. The van der Waals surface area contributed by atoms with Gasteiger partial charge in [-0.05, 0) is 6.42 Å². The van der Waals surface area contributed by atoms with Gasteiger partial charge in [0.1, 0.15) is 6.33 Å². The number of hydrogen-bond donors (Lipinski definition) is 0. The van der Waals surface area contributed by atoms with E-state index in [-0.39, 0.29) is 11.8 Å². The van der Waals surface area contributed by atoms with Crippen molar-refractivity contribution in [2.45, 2.75) is 13.3 Å². The summed E-state index contributed by atoms with van der Waals surface area (Å²) < 4.78 is 0. The number of anilines is 1. The maximum Gasteiger partial charge on any atom is 0.229 e. The van der Waals surface area contributed by atoms with Gasteiger partial charge in [-0.1, -0.05) is 6.92 Å². The first-order valence-electron chi connectivity index (χ1n) is 4.35. The Morgan fingerprint density at radius 2 is 2.15 bits per heavy atom. The minimum atomic E-state index is 0.139. The largest absolute Gasteiger partial charge is 0.309 e. The molecule has 1 saturated heterocycles. The summed E-state index contributed by atoms with van der Waals surface area (Å²) in [6.45, 7) is 2.74. The Bertz CT molecular complexity index is 312. The molecule has 0 unspecified atom stereocenters. The van der Waals surface area contributed by atoms with Gasteiger partial charge in [0.05, 0.1) is 18.1 Å². The van der Waals surface area contributed by atoms with Crippen LogP contribution in [0.1, 0.15) is 13.3 Å².